The summed E-state index contributed by atoms with van der Waals surface area (Å²) in [6.07, 6.45) is 2.18. The van der Waals surface area contributed by atoms with Crippen LogP contribution in [0.15, 0.2) is 66.9 Å². The lowest BCUT2D eigenvalue weighted by molar-refractivity contribution is 0.102. The number of para-hydroxylation sites is 1. The van der Waals surface area contributed by atoms with Crippen molar-refractivity contribution >= 4 is 17.3 Å². The van der Waals surface area contributed by atoms with Crippen molar-refractivity contribution in [2.24, 2.45) is 0 Å². The van der Waals surface area contributed by atoms with Crippen LogP contribution in [0.2, 0.25) is 0 Å². The number of halogens is 1. The quantitative estimate of drug-likeness (QED) is 0.692. The number of rotatable bonds is 6. The molecule has 0 aliphatic carbocycles. The van der Waals surface area contributed by atoms with Crippen LogP contribution in [0.3, 0.4) is 0 Å². The third-order valence-electron chi connectivity index (χ3n) is 4.07. The van der Waals surface area contributed by atoms with Gasteiger partial charge in [-0.15, -0.1) is 0 Å². The maximum Gasteiger partial charge on any atom is 0.274 e. The van der Waals surface area contributed by atoms with Gasteiger partial charge in [0.25, 0.3) is 5.91 Å². The molecule has 0 aliphatic rings. The minimum Gasteiger partial charge on any atom is -0.383 e. The Balaban J connectivity index is 1.55. The first-order valence-electron chi connectivity index (χ1n) is 8.44. The summed E-state index contributed by atoms with van der Waals surface area (Å²) in [5.41, 5.74) is 3.56. The predicted octanol–water partition coefficient (Wildman–Crippen LogP) is 4.44. The van der Waals surface area contributed by atoms with E-state index in [1.54, 1.807) is 30.5 Å². The van der Waals surface area contributed by atoms with E-state index in [2.05, 4.69) is 15.6 Å². The maximum absolute atomic E-state index is 13.6. The first kappa shape index (κ1) is 17.6. The summed E-state index contributed by atoms with van der Waals surface area (Å²) in [6.45, 7) is 2.52. The van der Waals surface area contributed by atoms with Gasteiger partial charge in [-0.05, 0) is 48.7 Å². The molecule has 1 heterocycles. The van der Waals surface area contributed by atoms with E-state index in [1.165, 1.54) is 6.07 Å². The number of nitrogens with one attached hydrogen (secondary N) is 2. The molecule has 0 unspecified atom stereocenters. The van der Waals surface area contributed by atoms with Gasteiger partial charge in [-0.2, -0.15) is 0 Å². The number of carbonyl (C=O) groups is 1. The van der Waals surface area contributed by atoms with Crippen LogP contribution in [-0.4, -0.2) is 17.4 Å². The summed E-state index contributed by atoms with van der Waals surface area (Å²) in [7, 11) is 0. The Morgan fingerprint density at radius 2 is 1.81 bits per heavy atom. The fourth-order valence-electron chi connectivity index (χ4n) is 2.57. The SMILES string of the molecule is Cc1ccccc1NC(=O)c1ccc(NCCc2ccccc2F)cn1. The van der Waals surface area contributed by atoms with Crippen molar-refractivity contribution in [1.82, 2.24) is 4.98 Å². The van der Waals surface area contributed by atoms with Gasteiger partial charge in [0, 0.05) is 12.2 Å². The molecule has 0 radical (unpaired) electrons. The standard InChI is InChI=1S/C21H20FN3O/c1-15-6-2-5-9-19(15)25-21(26)20-11-10-17(14-24-20)23-13-12-16-7-3-4-8-18(16)22/h2-11,14,23H,12-13H2,1H3,(H,25,26). The smallest absolute Gasteiger partial charge is 0.274 e. The fraction of sp³-hybridized carbons (Fsp3) is 0.143. The molecule has 2 aromatic carbocycles. The number of hydrogen-bond acceptors (Lipinski definition) is 3. The predicted molar refractivity (Wildman–Crippen MR) is 102 cm³/mol. The molecule has 0 aliphatic heterocycles. The number of amides is 1. The monoisotopic (exact) mass is 349 g/mol. The molecular formula is C21H20FN3O. The van der Waals surface area contributed by atoms with Crippen molar-refractivity contribution in [3.63, 3.8) is 0 Å². The summed E-state index contributed by atoms with van der Waals surface area (Å²) >= 11 is 0. The molecule has 0 fully saturated rings. The Morgan fingerprint density at radius 1 is 1.04 bits per heavy atom. The molecule has 26 heavy (non-hydrogen) atoms. The van der Waals surface area contributed by atoms with Crippen molar-refractivity contribution in [1.29, 1.82) is 0 Å². The average Bonchev–Trinajstić information content (AvgIpc) is 2.66. The molecule has 3 rings (SSSR count). The highest BCUT2D eigenvalue weighted by Gasteiger charge is 2.09. The zero-order valence-electron chi connectivity index (χ0n) is 14.5. The number of aromatic nitrogens is 1. The molecule has 0 saturated carbocycles. The normalized spacial score (nSPS) is 10.4. The van der Waals surface area contributed by atoms with Crippen LogP contribution < -0.4 is 10.6 Å². The maximum atomic E-state index is 13.6. The lowest BCUT2D eigenvalue weighted by atomic mass is 10.1. The van der Waals surface area contributed by atoms with Crippen molar-refractivity contribution < 1.29 is 9.18 Å². The average molecular weight is 349 g/mol. The Hall–Kier alpha value is -3.21. The van der Waals surface area contributed by atoms with Crippen LogP contribution in [0.1, 0.15) is 21.6 Å². The van der Waals surface area contributed by atoms with E-state index in [0.717, 1.165) is 16.9 Å². The zero-order valence-corrected chi connectivity index (χ0v) is 14.5. The fourth-order valence-corrected chi connectivity index (χ4v) is 2.57. The van der Waals surface area contributed by atoms with Crippen LogP contribution in [0, 0.1) is 12.7 Å². The van der Waals surface area contributed by atoms with Crippen molar-refractivity contribution in [3.05, 3.63) is 89.5 Å². The highest BCUT2D eigenvalue weighted by atomic mass is 19.1. The van der Waals surface area contributed by atoms with Crippen LogP contribution in [0.25, 0.3) is 0 Å². The van der Waals surface area contributed by atoms with Crippen molar-refractivity contribution in [3.8, 4) is 0 Å². The molecule has 0 saturated heterocycles. The van der Waals surface area contributed by atoms with Gasteiger partial charge in [-0.1, -0.05) is 36.4 Å². The molecule has 4 nitrogen and oxygen atoms in total. The topological polar surface area (TPSA) is 54.0 Å². The molecule has 0 bridgehead atoms. The molecule has 1 aromatic heterocycles. The van der Waals surface area contributed by atoms with Gasteiger partial charge in [0.15, 0.2) is 0 Å². The Bertz CT molecular complexity index is 894. The Kier molecular flexibility index (Phi) is 5.59. The highest BCUT2D eigenvalue weighted by molar-refractivity contribution is 6.03. The minimum atomic E-state index is -0.253. The van der Waals surface area contributed by atoms with Gasteiger partial charge >= 0.3 is 0 Å². The summed E-state index contributed by atoms with van der Waals surface area (Å²) in [5, 5.41) is 6.04. The van der Waals surface area contributed by atoms with Crippen molar-refractivity contribution in [2.45, 2.75) is 13.3 Å². The molecule has 0 spiro atoms. The number of carbonyl (C=O) groups excluding carboxylic acids is 1. The number of anilines is 2. The summed E-state index contributed by atoms with van der Waals surface area (Å²) < 4.78 is 13.6. The number of benzene rings is 2. The second-order valence-electron chi connectivity index (χ2n) is 5.97. The summed E-state index contributed by atoms with van der Waals surface area (Å²) in [4.78, 5) is 16.5. The van der Waals surface area contributed by atoms with E-state index in [4.69, 9.17) is 0 Å². The molecule has 2 N–H and O–H groups in total. The molecule has 132 valence electrons. The van der Waals surface area contributed by atoms with Crippen LogP contribution in [0.4, 0.5) is 15.8 Å². The van der Waals surface area contributed by atoms with E-state index in [1.807, 2.05) is 37.3 Å². The lowest BCUT2D eigenvalue weighted by Gasteiger charge is -2.09. The number of hydrogen-bond donors (Lipinski definition) is 2. The highest BCUT2D eigenvalue weighted by Crippen LogP contribution is 2.15. The Morgan fingerprint density at radius 3 is 2.54 bits per heavy atom. The van der Waals surface area contributed by atoms with Crippen LogP contribution in [-0.2, 0) is 6.42 Å². The number of aryl methyl sites for hydroxylation is 1. The van der Waals surface area contributed by atoms with Gasteiger partial charge in [0.05, 0.1) is 11.9 Å². The zero-order chi connectivity index (χ0) is 18.4. The molecule has 5 heteroatoms. The molecule has 0 atom stereocenters. The van der Waals surface area contributed by atoms with Gasteiger partial charge in [-0.3, -0.25) is 4.79 Å². The van der Waals surface area contributed by atoms with E-state index in [9.17, 15) is 9.18 Å². The van der Waals surface area contributed by atoms with Gasteiger partial charge < -0.3 is 10.6 Å². The number of nitrogens with zero attached hydrogens (tertiary/aromatic N) is 1. The van der Waals surface area contributed by atoms with Crippen LogP contribution in [0.5, 0.6) is 0 Å². The third kappa shape index (κ3) is 4.45. The van der Waals surface area contributed by atoms with E-state index in [-0.39, 0.29) is 11.7 Å². The number of pyridine rings is 1. The summed E-state index contributed by atoms with van der Waals surface area (Å²) in [5.74, 6) is -0.451. The Labute approximate surface area is 152 Å². The van der Waals surface area contributed by atoms with E-state index < -0.39 is 0 Å². The van der Waals surface area contributed by atoms with E-state index in [0.29, 0.717) is 24.2 Å². The van der Waals surface area contributed by atoms with Gasteiger partial charge in [-0.25, -0.2) is 9.37 Å². The minimum absolute atomic E-state index is 0.198. The largest absolute Gasteiger partial charge is 0.383 e. The van der Waals surface area contributed by atoms with Gasteiger partial charge in [0.2, 0.25) is 0 Å². The molecule has 1 amide bonds. The first-order chi connectivity index (χ1) is 12.6. The van der Waals surface area contributed by atoms with Crippen LogP contribution >= 0.6 is 0 Å². The second kappa shape index (κ2) is 8.25. The lowest BCUT2D eigenvalue weighted by Crippen LogP contribution is -2.14. The molecule has 3 aromatic rings. The summed E-state index contributed by atoms with van der Waals surface area (Å²) in [6, 6.07) is 17.8. The first-order valence-corrected chi connectivity index (χ1v) is 8.44. The molecular weight excluding hydrogens is 329 g/mol. The van der Waals surface area contributed by atoms with Crippen molar-refractivity contribution in [2.75, 3.05) is 17.2 Å². The second-order valence-corrected chi connectivity index (χ2v) is 5.97. The third-order valence-corrected chi connectivity index (χ3v) is 4.07. The van der Waals surface area contributed by atoms with Gasteiger partial charge in [0.1, 0.15) is 11.5 Å². The van der Waals surface area contributed by atoms with E-state index >= 15 is 0 Å².